The van der Waals surface area contributed by atoms with Gasteiger partial charge in [0.2, 0.25) is 23.5 Å². The average molecular weight is 341 g/mol. The molecular formula is C16H15N5O4. The van der Waals surface area contributed by atoms with E-state index in [4.69, 9.17) is 9.26 Å². The van der Waals surface area contributed by atoms with Crippen molar-refractivity contribution >= 4 is 18.0 Å². The minimum Gasteiger partial charge on any atom is -0.478 e. The van der Waals surface area contributed by atoms with Gasteiger partial charge in [0, 0.05) is 24.0 Å². The molecule has 0 fully saturated rings. The Morgan fingerprint density at radius 2 is 2.28 bits per heavy atom. The van der Waals surface area contributed by atoms with Gasteiger partial charge in [-0.15, -0.1) is 0 Å². The molecule has 1 N–H and O–H groups in total. The van der Waals surface area contributed by atoms with Gasteiger partial charge in [0.1, 0.15) is 5.92 Å². The fourth-order valence-corrected chi connectivity index (χ4v) is 2.10. The van der Waals surface area contributed by atoms with E-state index in [1.54, 1.807) is 24.4 Å². The maximum atomic E-state index is 12.0. The molecule has 0 saturated carbocycles. The molecular weight excluding hydrogens is 326 g/mol. The lowest BCUT2D eigenvalue weighted by atomic mass is 10.1. The molecule has 0 aliphatic carbocycles. The summed E-state index contributed by atoms with van der Waals surface area (Å²) in [5.41, 5.74) is 0.657. The number of ether oxygens (including phenoxy) is 1. The van der Waals surface area contributed by atoms with Crippen molar-refractivity contribution < 1.29 is 18.8 Å². The van der Waals surface area contributed by atoms with Gasteiger partial charge in [-0.3, -0.25) is 9.59 Å². The van der Waals surface area contributed by atoms with E-state index in [1.165, 1.54) is 12.3 Å². The molecule has 2 amide bonds. The standard InChI is InChI=1S/C16H15N5O4/c1-2-24-12-6-5-10(8-18-12)14-20-13(25-21-14)9-19-16(23)11-4-3-7-17-15(11)22/h3-8,11H,2,9H2,1H3,(H,19,23). The molecule has 0 bridgehead atoms. The molecule has 25 heavy (non-hydrogen) atoms. The SMILES string of the molecule is CCOc1ccc(-c2noc(CNC(=O)C3C=CC=NC3=O)n2)cn1. The van der Waals surface area contributed by atoms with Gasteiger partial charge < -0.3 is 14.6 Å². The summed E-state index contributed by atoms with van der Waals surface area (Å²) in [5, 5.41) is 6.42. The van der Waals surface area contributed by atoms with Crippen molar-refractivity contribution in [2.75, 3.05) is 6.61 Å². The van der Waals surface area contributed by atoms with Crippen molar-refractivity contribution in [2.24, 2.45) is 10.9 Å². The number of pyridine rings is 1. The first-order valence-corrected chi connectivity index (χ1v) is 7.61. The smallest absolute Gasteiger partial charge is 0.262 e. The molecule has 0 radical (unpaired) electrons. The lowest BCUT2D eigenvalue weighted by molar-refractivity contribution is -0.131. The lowest BCUT2D eigenvalue weighted by Gasteiger charge is -2.10. The fraction of sp³-hybridized carbons (Fsp3) is 0.250. The zero-order valence-electron chi connectivity index (χ0n) is 13.4. The van der Waals surface area contributed by atoms with Crippen molar-refractivity contribution in [1.82, 2.24) is 20.4 Å². The van der Waals surface area contributed by atoms with E-state index in [0.717, 1.165) is 0 Å². The second-order valence-corrected chi connectivity index (χ2v) is 5.03. The third-order valence-electron chi connectivity index (χ3n) is 3.31. The van der Waals surface area contributed by atoms with Crippen LogP contribution >= 0.6 is 0 Å². The van der Waals surface area contributed by atoms with Crippen molar-refractivity contribution in [1.29, 1.82) is 0 Å². The number of rotatable bonds is 6. The van der Waals surface area contributed by atoms with Gasteiger partial charge in [0.15, 0.2) is 0 Å². The second-order valence-electron chi connectivity index (χ2n) is 5.03. The number of carbonyl (C=O) groups excluding carboxylic acids is 2. The zero-order chi connectivity index (χ0) is 17.6. The van der Waals surface area contributed by atoms with E-state index in [1.807, 2.05) is 6.92 Å². The number of allylic oxidation sites excluding steroid dienone is 1. The highest BCUT2D eigenvalue weighted by molar-refractivity contribution is 6.07. The Morgan fingerprint density at radius 1 is 1.40 bits per heavy atom. The Bertz CT molecular complexity index is 825. The third kappa shape index (κ3) is 3.94. The number of hydrogen-bond donors (Lipinski definition) is 1. The van der Waals surface area contributed by atoms with Crippen LogP contribution in [0.3, 0.4) is 0 Å². The van der Waals surface area contributed by atoms with Crippen LogP contribution in [-0.4, -0.2) is 39.8 Å². The van der Waals surface area contributed by atoms with Crippen LogP contribution in [0.15, 0.2) is 40.0 Å². The normalized spacial score (nSPS) is 16.0. The zero-order valence-corrected chi connectivity index (χ0v) is 13.4. The van der Waals surface area contributed by atoms with E-state index in [-0.39, 0.29) is 12.4 Å². The highest BCUT2D eigenvalue weighted by Crippen LogP contribution is 2.17. The molecule has 9 nitrogen and oxygen atoms in total. The van der Waals surface area contributed by atoms with Crippen molar-refractivity contribution in [3.05, 3.63) is 36.4 Å². The van der Waals surface area contributed by atoms with E-state index in [2.05, 4.69) is 25.4 Å². The van der Waals surface area contributed by atoms with Crippen LogP contribution in [-0.2, 0) is 16.1 Å². The summed E-state index contributed by atoms with van der Waals surface area (Å²) in [7, 11) is 0. The molecule has 128 valence electrons. The first kappa shape index (κ1) is 16.5. The maximum Gasteiger partial charge on any atom is 0.262 e. The molecule has 0 saturated heterocycles. The number of nitrogens with zero attached hydrogens (tertiary/aromatic N) is 4. The van der Waals surface area contributed by atoms with E-state index in [0.29, 0.717) is 23.9 Å². The molecule has 1 aliphatic heterocycles. The number of carbonyl (C=O) groups is 2. The Balaban J connectivity index is 1.60. The van der Waals surface area contributed by atoms with E-state index < -0.39 is 17.7 Å². The van der Waals surface area contributed by atoms with Gasteiger partial charge in [-0.05, 0) is 19.1 Å². The van der Waals surface area contributed by atoms with Crippen LogP contribution in [0, 0.1) is 5.92 Å². The predicted octanol–water partition coefficient (Wildman–Crippen LogP) is 0.930. The second kappa shape index (κ2) is 7.47. The van der Waals surface area contributed by atoms with Crippen molar-refractivity contribution in [2.45, 2.75) is 13.5 Å². The summed E-state index contributed by atoms with van der Waals surface area (Å²) < 4.78 is 10.4. The summed E-state index contributed by atoms with van der Waals surface area (Å²) >= 11 is 0. The molecule has 0 spiro atoms. The molecule has 3 rings (SSSR count). The van der Waals surface area contributed by atoms with Gasteiger partial charge in [-0.1, -0.05) is 11.2 Å². The number of aliphatic imine (C=N–C) groups is 1. The van der Waals surface area contributed by atoms with Gasteiger partial charge in [0.05, 0.1) is 13.2 Å². The number of amides is 2. The Labute approximate surface area is 142 Å². The first-order chi connectivity index (χ1) is 12.2. The largest absolute Gasteiger partial charge is 0.478 e. The van der Waals surface area contributed by atoms with Crippen molar-refractivity contribution in [3.8, 4) is 17.3 Å². The first-order valence-electron chi connectivity index (χ1n) is 7.61. The topological polar surface area (TPSA) is 120 Å². The van der Waals surface area contributed by atoms with E-state index >= 15 is 0 Å². The number of dihydropyridines is 1. The molecule has 0 aromatic carbocycles. The Hall–Kier alpha value is -3.36. The number of hydrogen-bond acceptors (Lipinski definition) is 7. The van der Waals surface area contributed by atoms with Gasteiger partial charge in [0.25, 0.3) is 5.91 Å². The molecule has 3 heterocycles. The van der Waals surface area contributed by atoms with Crippen LogP contribution in [0.4, 0.5) is 0 Å². The predicted molar refractivity (Wildman–Crippen MR) is 86.7 cm³/mol. The lowest BCUT2D eigenvalue weighted by Crippen LogP contribution is -2.34. The molecule has 9 heteroatoms. The molecule has 1 unspecified atom stereocenters. The minimum absolute atomic E-state index is 0.0115. The third-order valence-corrected chi connectivity index (χ3v) is 3.31. The summed E-state index contributed by atoms with van der Waals surface area (Å²) in [6, 6.07) is 3.47. The fourth-order valence-electron chi connectivity index (χ4n) is 2.10. The quantitative estimate of drug-likeness (QED) is 0.776. The molecule has 1 atom stereocenters. The monoisotopic (exact) mass is 341 g/mol. The Kier molecular flexibility index (Phi) is 4.93. The number of nitrogens with one attached hydrogen (secondary N) is 1. The maximum absolute atomic E-state index is 12.0. The molecule has 2 aromatic heterocycles. The van der Waals surface area contributed by atoms with Gasteiger partial charge in [-0.2, -0.15) is 4.98 Å². The van der Waals surface area contributed by atoms with Crippen LogP contribution < -0.4 is 10.1 Å². The summed E-state index contributed by atoms with van der Waals surface area (Å²) in [6.07, 6.45) is 5.95. The minimum atomic E-state index is -0.928. The van der Waals surface area contributed by atoms with Gasteiger partial charge in [-0.25, -0.2) is 9.98 Å². The van der Waals surface area contributed by atoms with Crippen LogP contribution in [0.1, 0.15) is 12.8 Å². The van der Waals surface area contributed by atoms with Gasteiger partial charge >= 0.3 is 0 Å². The average Bonchev–Trinajstić information content (AvgIpc) is 3.10. The summed E-state index contributed by atoms with van der Waals surface area (Å²) in [6.45, 7) is 2.42. The summed E-state index contributed by atoms with van der Waals surface area (Å²) in [5.74, 6) is -0.837. The highest BCUT2D eigenvalue weighted by Gasteiger charge is 2.25. The molecule has 2 aromatic rings. The van der Waals surface area contributed by atoms with E-state index in [9.17, 15) is 9.59 Å². The number of aromatic nitrogens is 3. The highest BCUT2D eigenvalue weighted by atomic mass is 16.5. The van der Waals surface area contributed by atoms with Crippen molar-refractivity contribution in [3.63, 3.8) is 0 Å². The van der Waals surface area contributed by atoms with Crippen LogP contribution in [0.5, 0.6) is 5.88 Å². The molecule has 1 aliphatic rings. The van der Waals surface area contributed by atoms with Crippen LogP contribution in [0.2, 0.25) is 0 Å². The Morgan fingerprint density at radius 3 is 3.00 bits per heavy atom. The van der Waals surface area contributed by atoms with Crippen LogP contribution in [0.25, 0.3) is 11.4 Å². The summed E-state index contributed by atoms with van der Waals surface area (Å²) in [4.78, 5) is 35.4.